The number of pyridine rings is 1. The van der Waals surface area contributed by atoms with E-state index in [0.717, 1.165) is 11.5 Å². The molecular formula is C15H13ClN2O4. The van der Waals surface area contributed by atoms with Crippen LogP contribution in [-0.2, 0) is 19.1 Å². The summed E-state index contributed by atoms with van der Waals surface area (Å²) in [5, 5.41) is 4.01. The lowest BCUT2D eigenvalue weighted by atomic mass is 10.2. The third kappa shape index (κ3) is 3.53. The molecule has 114 valence electrons. The van der Waals surface area contributed by atoms with E-state index in [9.17, 15) is 9.59 Å². The van der Waals surface area contributed by atoms with Gasteiger partial charge in [-0.15, -0.1) is 0 Å². The van der Waals surface area contributed by atoms with Crippen molar-refractivity contribution in [1.29, 1.82) is 0 Å². The molecule has 0 unspecified atom stereocenters. The number of hydrogen-bond acceptors (Lipinski definition) is 6. The Bertz CT molecular complexity index is 758. The van der Waals surface area contributed by atoms with Crippen molar-refractivity contribution < 1.29 is 19.1 Å². The molecule has 2 aromatic rings. The smallest absolute Gasteiger partial charge is 0.354 e. The van der Waals surface area contributed by atoms with Crippen molar-refractivity contribution >= 4 is 40.1 Å². The Hall–Kier alpha value is -2.60. The first-order chi connectivity index (χ1) is 10.5. The van der Waals surface area contributed by atoms with Crippen LogP contribution >= 0.6 is 11.6 Å². The van der Waals surface area contributed by atoms with E-state index in [1.54, 1.807) is 24.4 Å². The van der Waals surface area contributed by atoms with Gasteiger partial charge in [-0.25, -0.2) is 9.59 Å². The highest BCUT2D eigenvalue weighted by Crippen LogP contribution is 2.26. The number of aromatic nitrogens is 1. The quantitative estimate of drug-likeness (QED) is 0.689. The molecule has 22 heavy (non-hydrogen) atoms. The summed E-state index contributed by atoms with van der Waals surface area (Å²) in [6.07, 6.45) is 2.64. The van der Waals surface area contributed by atoms with Crippen LogP contribution in [0.25, 0.3) is 10.9 Å². The fourth-order valence-corrected chi connectivity index (χ4v) is 2.08. The minimum atomic E-state index is -0.701. The average Bonchev–Trinajstić information content (AvgIpc) is 2.53. The van der Waals surface area contributed by atoms with Crippen LogP contribution in [0, 0.1) is 0 Å². The van der Waals surface area contributed by atoms with E-state index in [1.807, 2.05) is 6.07 Å². The zero-order chi connectivity index (χ0) is 16.1. The summed E-state index contributed by atoms with van der Waals surface area (Å²) in [6, 6.07) is 6.96. The van der Waals surface area contributed by atoms with Gasteiger partial charge in [-0.05, 0) is 18.2 Å². The van der Waals surface area contributed by atoms with Crippen LogP contribution in [0.4, 0.5) is 5.69 Å². The summed E-state index contributed by atoms with van der Waals surface area (Å²) in [7, 11) is 2.43. The summed E-state index contributed by atoms with van der Waals surface area (Å²) in [5.74, 6) is -1.38. The predicted octanol–water partition coefficient (Wildman–Crippen LogP) is 2.53. The molecule has 1 heterocycles. The SMILES string of the molecule is COC(=O)/C=C(/Nc1cc(Cl)c2ncccc2c1)C(=O)OC. The van der Waals surface area contributed by atoms with Crippen molar-refractivity contribution in [3.63, 3.8) is 0 Å². The van der Waals surface area contributed by atoms with Gasteiger partial charge in [0.2, 0.25) is 0 Å². The zero-order valence-electron chi connectivity index (χ0n) is 11.9. The van der Waals surface area contributed by atoms with Gasteiger partial charge in [0.25, 0.3) is 0 Å². The number of esters is 2. The fourth-order valence-electron chi connectivity index (χ4n) is 1.81. The van der Waals surface area contributed by atoms with Crippen molar-refractivity contribution in [2.75, 3.05) is 19.5 Å². The molecule has 1 N–H and O–H groups in total. The maximum absolute atomic E-state index is 11.7. The van der Waals surface area contributed by atoms with Gasteiger partial charge in [0, 0.05) is 17.3 Å². The highest BCUT2D eigenvalue weighted by Gasteiger charge is 2.14. The third-order valence-electron chi connectivity index (χ3n) is 2.81. The molecule has 0 aliphatic carbocycles. The molecule has 0 saturated carbocycles. The Morgan fingerprint density at radius 1 is 1.27 bits per heavy atom. The van der Waals surface area contributed by atoms with Gasteiger partial charge in [0.05, 0.1) is 30.8 Å². The Morgan fingerprint density at radius 2 is 2.05 bits per heavy atom. The minimum Gasteiger partial charge on any atom is -0.466 e. The molecule has 0 radical (unpaired) electrons. The van der Waals surface area contributed by atoms with Gasteiger partial charge in [-0.3, -0.25) is 4.98 Å². The lowest BCUT2D eigenvalue weighted by molar-refractivity contribution is -0.138. The van der Waals surface area contributed by atoms with Crippen molar-refractivity contribution in [3.05, 3.63) is 47.3 Å². The molecule has 1 aromatic heterocycles. The summed E-state index contributed by atoms with van der Waals surface area (Å²) >= 11 is 6.16. The van der Waals surface area contributed by atoms with Gasteiger partial charge in [-0.1, -0.05) is 17.7 Å². The van der Waals surface area contributed by atoms with Gasteiger partial charge in [-0.2, -0.15) is 0 Å². The van der Waals surface area contributed by atoms with Crippen LogP contribution in [0.1, 0.15) is 0 Å². The number of carbonyl (C=O) groups excluding carboxylic acids is 2. The van der Waals surface area contributed by atoms with E-state index in [2.05, 4.69) is 19.8 Å². The number of nitrogens with one attached hydrogen (secondary N) is 1. The average molecular weight is 321 g/mol. The zero-order valence-corrected chi connectivity index (χ0v) is 12.7. The molecule has 0 atom stereocenters. The molecule has 0 saturated heterocycles. The van der Waals surface area contributed by atoms with Gasteiger partial charge < -0.3 is 14.8 Å². The van der Waals surface area contributed by atoms with E-state index >= 15 is 0 Å². The number of halogens is 1. The number of ether oxygens (including phenoxy) is 2. The summed E-state index contributed by atoms with van der Waals surface area (Å²) < 4.78 is 9.13. The first-order valence-electron chi connectivity index (χ1n) is 6.24. The van der Waals surface area contributed by atoms with Crippen LogP contribution in [0.15, 0.2) is 42.2 Å². The van der Waals surface area contributed by atoms with Crippen LogP contribution in [0.3, 0.4) is 0 Å². The lowest BCUT2D eigenvalue weighted by Crippen LogP contribution is -2.15. The van der Waals surface area contributed by atoms with Crippen molar-refractivity contribution in [3.8, 4) is 0 Å². The number of fused-ring (bicyclic) bond motifs is 1. The Labute approximate surface area is 131 Å². The molecule has 0 aliphatic rings. The lowest BCUT2D eigenvalue weighted by Gasteiger charge is -2.10. The number of methoxy groups -OCH3 is 2. The Kier molecular flexibility index (Phi) is 4.95. The van der Waals surface area contributed by atoms with Crippen molar-refractivity contribution in [2.24, 2.45) is 0 Å². The normalized spacial score (nSPS) is 11.1. The van der Waals surface area contributed by atoms with Gasteiger partial charge in [0.15, 0.2) is 0 Å². The summed E-state index contributed by atoms with van der Waals surface area (Å²) in [5.41, 5.74) is 1.10. The first kappa shape index (κ1) is 15.8. The van der Waals surface area contributed by atoms with E-state index in [1.165, 1.54) is 14.2 Å². The molecule has 2 rings (SSSR count). The second kappa shape index (κ2) is 6.91. The molecule has 1 aromatic carbocycles. The molecule has 0 aliphatic heterocycles. The number of nitrogens with zero attached hydrogens (tertiary/aromatic N) is 1. The second-order valence-electron chi connectivity index (χ2n) is 4.23. The number of benzene rings is 1. The standard InChI is InChI=1S/C15H13ClN2O4/c1-21-13(19)8-12(15(20)22-2)18-10-6-9-4-3-5-17-14(9)11(16)7-10/h3-8,18H,1-2H3/b12-8+. The third-order valence-corrected chi connectivity index (χ3v) is 3.09. The fraction of sp³-hybridized carbons (Fsp3) is 0.133. The van der Waals surface area contributed by atoms with Crippen molar-refractivity contribution in [2.45, 2.75) is 0 Å². The van der Waals surface area contributed by atoms with Crippen LogP contribution in [-0.4, -0.2) is 31.1 Å². The predicted molar refractivity (Wildman–Crippen MR) is 82.5 cm³/mol. The second-order valence-corrected chi connectivity index (χ2v) is 4.64. The number of carbonyl (C=O) groups is 2. The Morgan fingerprint density at radius 3 is 2.73 bits per heavy atom. The van der Waals surface area contributed by atoms with E-state index in [-0.39, 0.29) is 5.70 Å². The summed E-state index contributed by atoms with van der Waals surface area (Å²) in [6.45, 7) is 0. The monoisotopic (exact) mass is 320 g/mol. The molecular weight excluding hydrogens is 308 g/mol. The maximum Gasteiger partial charge on any atom is 0.354 e. The van der Waals surface area contributed by atoms with Gasteiger partial charge in [0.1, 0.15) is 5.70 Å². The van der Waals surface area contributed by atoms with Crippen LogP contribution in [0.2, 0.25) is 5.02 Å². The Balaban J connectivity index is 2.40. The summed E-state index contributed by atoms with van der Waals surface area (Å²) in [4.78, 5) is 27.2. The molecule has 6 nitrogen and oxygen atoms in total. The highest BCUT2D eigenvalue weighted by molar-refractivity contribution is 6.35. The number of hydrogen-bond donors (Lipinski definition) is 1. The minimum absolute atomic E-state index is 0.0614. The first-order valence-corrected chi connectivity index (χ1v) is 6.62. The topological polar surface area (TPSA) is 77.5 Å². The molecule has 0 amide bonds. The van der Waals surface area contributed by atoms with Gasteiger partial charge >= 0.3 is 11.9 Å². The number of anilines is 1. The molecule has 0 fully saturated rings. The van der Waals surface area contributed by atoms with E-state index < -0.39 is 11.9 Å². The van der Waals surface area contributed by atoms with E-state index in [0.29, 0.717) is 16.2 Å². The van der Waals surface area contributed by atoms with Crippen molar-refractivity contribution in [1.82, 2.24) is 4.98 Å². The van der Waals surface area contributed by atoms with Crippen LogP contribution < -0.4 is 5.32 Å². The molecule has 0 bridgehead atoms. The van der Waals surface area contributed by atoms with Crippen LogP contribution in [0.5, 0.6) is 0 Å². The maximum atomic E-state index is 11.7. The molecule has 7 heteroatoms. The highest BCUT2D eigenvalue weighted by atomic mass is 35.5. The molecule has 0 spiro atoms. The largest absolute Gasteiger partial charge is 0.466 e. The number of rotatable bonds is 4. The van der Waals surface area contributed by atoms with E-state index in [4.69, 9.17) is 11.6 Å².